The highest BCUT2D eigenvalue weighted by atomic mass is 35.5. The molecule has 1 aromatic heterocycles. The molecule has 1 heterocycles. The summed E-state index contributed by atoms with van der Waals surface area (Å²) in [7, 11) is 0. The van der Waals surface area contributed by atoms with Crippen LogP contribution in [0.25, 0.3) is 10.8 Å². The summed E-state index contributed by atoms with van der Waals surface area (Å²) in [5.41, 5.74) is 0. The Bertz CT molecular complexity index is 590. The first kappa shape index (κ1) is 12.6. The van der Waals surface area contributed by atoms with Crippen molar-refractivity contribution in [3.8, 4) is 0 Å². The van der Waals surface area contributed by atoms with E-state index in [0.29, 0.717) is 11.1 Å². The summed E-state index contributed by atoms with van der Waals surface area (Å²) >= 11 is 6.06. The topological polar surface area (TPSA) is 58.0 Å². The van der Waals surface area contributed by atoms with Gasteiger partial charge in [-0.05, 0) is 12.8 Å². The third-order valence-electron chi connectivity index (χ3n) is 3.86. The number of benzene rings is 1. The highest BCUT2D eigenvalue weighted by Crippen LogP contribution is 2.31. The van der Waals surface area contributed by atoms with Crippen LogP contribution in [0.4, 0.5) is 5.82 Å². The van der Waals surface area contributed by atoms with Gasteiger partial charge in [0, 0.05) is 29.3 Å². The van der Waals surface area contributed by atoms with E-state index in [-0.39, 0.29) is 12.6 Å². The fourth-order valence-electron chi connectivity index (χ4n) is 2.80. The van der Waals surface area contributed by atoms with Gasteiger partial charge in [0.25, 0.3) is 0 Å². The first-order valence-corrected chi connectivity index (χ1v) is 6.95. The predicted octanol–water partition coefficient (Wildman–Crippen LogP) is 2.86. The lowest BCUT2D eigenvalue weighted by atomic mass is 10.0. The van der Waals surface area contributed by atoms with Gasteiger partial charge in [-0.2, -0.15) is 0 Å². The van der Waals surface area contributed by atoms with Crippen molar-refractivity contribution in [3.05, 3.63) is 29.4 Å². The lowest BCUT2D eigenvalue weighted by Gasteiger charge is -2.20. The monoisotopic (exact) mass is 277 g/mol. The van der Waals surface area contributed by atoms with E-state index in [4.69, 9.17) is 11.6 Å². The Hall–Kier alpha value is -1.39. The van der Waals surface area contributed by atoms with Crippen LogP contribution < -0.4 is 5.32 Å². The molecule has 2 N–H and O–H groups in total. The molecular formula is C14H16ClN3O. The van der Waals surface area contributed by atoms with Crippen molar-refractivity contribution in [3.63, 3.8) is 0 Å². The summed E-state index contributed by atoms with van der Waals surface area (Å²) in [6, 6.07) is 8.09. The summed E-state index contributed by atoms with van der Waals surface area (Å²) in [4.78, 5) is 0. The molecule has 1 saturated carbocycles. The molecule has 0 bridgehead atoms. The van der Waals surface area contributed by atoms with Gasteiger partial charge >= 0.3 is 0 Å². The molecule has 0 saturated heterocycles. The Morgan fingerprint density at radius 2 is 2.00 bits per heavy atom. The Labute approximate surface area is 116 Å². The van der Waals surface area contributed by atoms with Gasteiger partial charge in [-0.1, -0.05) is 42.3 Å². The van der Waals surface area contributed by atoms with E-state index < -0.39 is 0 Å². The lowest BCUT2D eigenvalue weighted by Crippen LogP contribution is -2.27. The lowest BCUT2D eigenvalue weighted by molar-refractivity contribution is 0.222. The fourth-order valence-corrected chi connectivity index (χ4v) is 3.00. The van der Waals surface area contributed by atoms with Crippen molar-refractivity contribution < 1.29 is 5.11 Å². The molecule has 2 atom stereocenters. The van der Waals surface area contributed by atoms with Crippen molar-refractivity contribution in [1.29, 1.82) is 0 Å². The maximum Gasteiger partial charge on any atom is 0.159 e. The first-order valence-electron chi connectivity index (χ1n) is 6.58. The van der Waals surface area contributed by atoms with E-state index in [1.807, 2.05) is 24.3 Å². The van der Waals surface area contributed by atoms with Gasteiger partial charge < -0.3 is 10.4 Å². The number of fused-ring (bicyclic) bond motifs is 1. The van der Waals surface area contributed by atoms with E-state index >= 15 is 0 Å². The van der Waals surface area contributed by atoms with Crippen molar-refractivity contribution in [2.75, 3.05) is 11.9 Å². The Kier molecular flexibility index (Phi) is 3.53. The zero-order valence-corrected chi connectivity index (χ0v) is 11.3. The van der Waals surface area contributed by atoms with Crippen LogP contribution in [0.5, 0.6) is 0 Å². The van der Waals surface area contributed by atoms with Crippen LogP contribution in [-0.2, 0) is 0 Å². The quantitative estimate of drug-likeness (QED) is 0.906. The zero-order valence-electron chi connectivity index (χ0n) is 10.5. The van der Waals surface area contributed by atoms with Crippen LogP contribution in [-0.4, -0.2) is 28.0 Å². The molecule has 3 rings (SSSR count). The number of hydrogen-bond acceptors (Lipinski definition) is 4. The third kappa shape index (κ3) is 2.38. The summed E-state index contributed by atoms with van der Waals surface area (Å²) in [5, 5.41) is 23.3. The molecule has 0 amide bonds. The molecule has 1 aliphatic carbocycles. The molecule has 1 aliphatic rings. The maximum absolute atomic E-state index is 9.37. The average molecular weight is 278 g/mol. The van der Waals surface area contributed by atoms with Crippen molar-refractivity contribution >= 4 is 28.2 Å². The van der Waals surface area contributed by atoms with Gasteiger partial charge in [0.1, 0.15) is 0 Å². The summed E-state index contributed by atoms with van der Waals surface area (Å²) < 4.78 is 0. The number of anilines is 1. The number of nitrogens with one attached hydrogen (secondary N) is 1. The smallest absolute Gasteiger partial charge is 0.159 e. The fraction of sp³-hybridized carbons (Fsp3) is 0.429. The van der Waals surface area contributed by atoms with Crippen LogP contribution in [0.3, 0.4) is 0 Å². The second kappa shape index (κ2) is 5.31. The molecule has 19 heavy (non-hydrogen) atoms. The number of nitrogens with zero attached hydrogens (tertiary/aromatic N) is 2. The molecule has 0 radical (unpaired) electrons. The predicted molar refractivity (Wildman–Crippen MR) is 76.4 cm³/mol. The van der Waals surface area contributed by atoms with E-state index in [1.54, 1.807) is 0 Å². The second-order valence-electron chi connectivity index (χ2n) is 5.01. The minimum Gasteiger partial charge on any atom is -0.396 e. The highest BCUT2D eigenvalue weighted by Gasteiger charge is 2.27. The summed E-state index contributed by atoms with van der Waals surface area (Å²) in [6.45, 7) is 0.219. The van der Waals surface area contributed by atoms with Gasteiger partial charge in [0.15, 0.2) is 11.0 Å². The third-order valence-corrected chi connectivity index (χ3v) is 4.14. The maximum atomic E-state index is 9.37. The van der Waals surface area contributed by atoms with Crippen LogP contribution in [0.2, 0.25) is 5.15 Å². The van der Waals surface area contributed by atoms with Gasteiger partial charge in [0.05, 0.1) is 0 Å². The van der Waals surface area contributed by atoms with Crippen LogP contribution in [0.15, 0.2) is 24.3 Å². The number of aromatic nitrogens is 2. The summed E-state index contributed by atoms with van der Waals surface area (Å²) in [6.07, 6.45) is 3.26. The van der Waals surface area contributed by atoms with Gasteiger partial charge in [-0.3, -0.25) is 0 Å². The first-order chi connectivity index (χ1) is 9.29. The number of hydrogen-bond donors (Lipinski definition) is 2. The van der Waals surface area contributed by atoms with E-state index in [1.165, 1.54) is 0 Å². The molecule has 1 fully saturated rings. The highest BCUT2D eigenvalue weighted by molar-refractivity contribution is 6.34. The average Bonchev–Trinajstić information content (AvgIpc) is 2.89. The SMILES string of the molecule is OCC1CCCC1Nc1nnc(Cl)c2ccccc12. The summed E-state index contributed by atoms with van der Waals surface area (Å²) in [5.74, 6) is 1.06. The minimum atomic E-state index is 0.219. The Morgan fingerprint density at radius 1 is 1.21 bits per heavy atom. The Balaban J connectivity index is 1.95. The van der Waals surface area contributed by atoms with E-state index in [9.17, 15) is 5.11 Å². The number of rotatable bonds is 3. The normalized spacial score (nSPS) is 22.8. The Morgan fingerprint density at radius 3 is 2.79 bits per heavy atom. The molecule has 2 unspecified atom stereocenters. The molecule has 0 aliphatic heterocycles. The van der Waals surface area contributed by atoms with Crippen LogP contribution >= 0.6 is 11.6 Å². The molecule has 0 spiro atoms. The zero-order chi connectivity index (χ0) is 13.2. The van der Waals surface area contributed by atoms with Gasteiger partial charge in [0.2, 0.25) is 0 Å². The molecule has 5 heteroatoms. The van der Waals surface area contributed by atoms with E-state index in [0.717, 1.165) is 35.9 Å². The number of halogens is 1. The van der Waals surface area contributed by atoms with E-state index in [2.05, 4.69) is 15.5 Å². The molecular weight excluding hydrogens is 262 g/mol. The van der Waals surface area contributed by atoms with Crippen molar-refractivity contribution in [2.24, 2.45) is 5.92 Å². The van der Waals surface area contributed by atoms with Gasteiger partial charge in [-0.25, -0.2) is 0 Å². The second-order valence-corrected chi connectivity index (χ2v) is 5.37. The largest absolute Gasteiger partial charge is 0.396 e. The van der Waals surface area contributed by atoms with Gasteiger partial charge in [-0.15, -0.1) is 10.2 Å². The number of aliphatic hydroxyl groups is 1. The van der Waals surface area contributed by atoms with Crippen LogP contribution in [0, 0.1) is 5.92 Å². The molecule has 100 valence electrons. The van der Waals surface area contributed by atoms with Crippen molar-refractivity contribution in [2.45, 2.75) is 25.3 Å². The molecule has 1 aromatic carbocycles. The molecule has 2 aromatic rings. The standard InChI is InChI=1S/C14H16ClN3O/c15-13-10-5-1-2-6-11(10)14(18-17-13)16-12-7-3-4-9(12)8-19/h1-2,5-6,9,12,19H,3-4,7-8H2,(H,16,18). The van der Waals surface area contributed by atoms with Crippen molar-refractivity contribution in [1.82, 2.24) is 10.2 Å². The van der Waals surface area contributed by atoms with Crippen LogP contribution in [0.1, 0.15) is 19.3 Å². The number of aliphatic hydroxyl groups excluding tert-OH is 1. The molecule has 4 nitrogen and oxygen atoms in total. The minimum absolute atomic E-state index is 0.219.